The van der Waals surface area contributed by atoms with Crippen molar-refractivity contribution in [2.45, 2.75) is 32.7 Å². The van der Waals surface area contributed by atoms with Crippen molar-refractivity contribution in [3.05, 3.63) is 95.0 Å². The summed E-state index contributed by atoms with van der Waals surface area (Å²) in [5.74, 6) is -0.224. The lowest BCUT2D eigenvalue weighted by molar-refractivity contribution is -0.151. The number of rotatable bonds is 15. The lowest BCUT2D eigenvalue weighted by Crippen LogP contribution is -2.47. The predicted molar refractivity (Wildman–Crippen MR) is 178 cm³/mol. The van der Waals surface area contributed by atoms with Gasteiger partial charge >= 0.3 is 13.7 Å². The van der Waals surface area contributed by atoms with E-state index >= 15 is 0 Å². The first-order valence-corrected chi connectivity index (χ1v) is 16.2. The molecular formula is C32H36N7O7P. The van der Waals surface area contributed by atoms with E-state index in [1.807, 2.05) is 60.7 Å². The van der Waals surface area contributed by atoms with Gasteiger partial charge in [0.25, 0.3) is 5.56 Å². The lowest BCUT2D eigenvalue weighted by atomic mass is 10.1. The van der Waals surface area contributed by atoms with E-state index in [1.165, 1.54) is 31.1 Å². The SMILES string of the molecule is CN(C)/C=N/c1nc2c(ncn2COCCOP(=O)(NC(C)(C)C(=O)OCc2ccccc2)Oc2cccc3ccccc23)c(=O)[nH]1. The van der Waals surface area contributed by atoms with Gasteiger partial charge < -0.3 is 18.9 Å². The van der Waals surface area contributed by atoms with Crippen LogP contribution in [0.1, 0.15) is 19.4 Å². The molecule has 47 heavy (non-hydrogen) atoms. The zero-order valence-corrected chi connectivity index (χ0v) is 27.3. The van der Waals surface area contributed by atoms with E-state index in [9.17, 15) is 14.2 Å². The van der Waals surface area contributed by atoms with Crippen molar-refractivity contribution in [3.8, 4) is 5.75 Å². The zero-order valence-electron chi connectivity index (χ0n) is 26.5. The van der Waals surface area contributed by atoms with Gasteiger partial charge in [0, 0.05) is 19.5 Å². The molecule has 5 rings (SSSR count). The van der Waals surface area contributed by atoms with Crippen LogP contribution >= 0.6 is 7.75 Å². The second kappa shape index (κ2) is 14.7. The van der Waals surface area contributed by atoms with E-state index in [4.69, 9.17) is 18.5 Å². The van der Waals surface area contributed by atoms with Gasteiger partial charge in [0.15, 0.2) is 11.2 Å². The number of nitrogens with one attached hydrogen (secondary N) is 2. The molecule has 0 radical (unpaired) electrons. The molecule has 246 valence electrons. The molecule has 2 heterocycles. The van der Waals surface area contributed by atoms with Crippen molar-refractivity contribution >= 4 is 47.9 Å². The average Bonchev–Trinajstić information content (AvgIpc) is 3.46. The smallest absolute Gasteiger partial charge is 0.459 e. The molecule has 0 amide bonds. The number of H-pyrrole nitrogens is 1. The topological polar surface area (TPSA) is 162 Å². The molecule has 0 aliphatic carbocycles. The van der Waals surface area contributed by atoms with Crippen LogP contribution in [0.3, 0.4) is 0 Å². The number of nitrogens with zero attached hydrogens (tertiary/aromatic N) is 5. The summed E-state index contributed by atoms with van der Waals surface area (Å²) in [5, 5.41) is 4.37. The van der Waals surface area contributed by atoms with Gasteiger partial charge in [-0.25, -0.2) is 14.5 Å². The first-order chi connectivity index (χ1) is 22.5. The van der Waals surface area contributed by atoms with Crippen LogP contribution in [0.15, 0.2) is 88.9 Å². The minimum Gasteiger partial charge on any atom is -0.459 e. The molecule has 0 spiro atoms. The highest BCUT2D eigenvalue weighted by atomic mass is 31.2. The van der Waals surface area contributed by atoms with Gasteiger partial charge in [0.05, 0.1) is 25.9 Å². The van der Waals surface area contributed by atoms with Crippen molar-refractivity contribution in [2.24, 2.45) is 4.99 Å². The third-order valence-corrected chi connectivity index (χ3v) is 8.49. The van der Waals surface area contributed by atoms with Crippen LogP contribution in [0.5, 0.6) is 5.75 Å². The number of aromatic nitrogens is 4. The summed E-state index contributed by atoms with van der Waals surface area (Å²) in [6, 6.07) is 22.0. The number of imidazole rings is 1. The summed E-state index contributed by atoms with van der Waals surface area (Å²) in [6.45, 7) is 2.87. The molecule has 2 aromatic heterocycles. The average molecular weight is 662 g/mol. The Morgan fingerprint density at radius 2 is 1.81 bits per heavy atom. The zero-order chi connectivity index (χ0) is 33.4. The maximum Gasteiger partial charge on any atom is 0.459 e. The molecule has 5 aromatic rings. The molecule has 1 unspecified atom stereocenters. The van der Waals surface area contributed by atoms with Crippen molar-refractivity contribution < 1.29 is 27.9 Å². The molecule has 0 aliphatic heterocycles. The van der Waals surface area contributed by atoms with Gasteiger partial charge in [-0.15, -0.1) is 0 Å². The fourth-order valence-electron chi connectivity index (χ4n) is 4.43. The fourth-order valence-corrected chi connectivity index (χ4v) is 6.10. The van der Waals surface area contributed by atoms with Crippen molar-refractivity contribution in [2.75, 3.05) is 27.3 Å². The second-order valence-electron chi connectivity index (χ2n) is 11.2. The summed E-state index contributed by atoms with van der Waals surface area (Å²) in [4.78, 5) is 42.5. The summed E-state index contributed by atoms with van der Waals surface area (Å²) in [6.07, 6.45) is 2.93. The Balaban J connectivity index is 1.28. The normalized spacial score (nSPS) is 13.2. The quantitative estimate of drug-likeness (QED) is 0.0522. The first kappa shape index (κ1) is 33.5. The van der Waals surface area contributed by atoms with Crippen LogP contribution in [0.25, 0.3) is 21.9 Å². The number of esters is 1. The molecule has 14 nitrogen and oxygen atoms in total. The number of aromatic amines is 1. The Hall–Kier alpha value is -4.88. The third kappa shape index (κ3) is 8.69. The molecule has 15 heteroatoms. The van der Waals surface area contributed by atoms with E-state index in [-0.39, 0.29) is 43.7 Å². The number of carbonyl (C=O) groups is 1. The number of hydrogen-bond donors (Lipinski definition) is 2. The van der Waals surface area contributed by atoms with Gasteiger partial charge in [-0.05, 0) is 30.9 Å². The molecular weight excluding hydrogens is 625 g/mol. The number of benzene rings is 3. The number of fused-ring (bicyclic) bond motifs is 2. The lowest BCUT2D eigenvalue weighted by Gasteiger charge is -2.29. The van der Waals surface area contributed by atoms with Crippen LogP contribution in [0.4, 0.5) is 5.95 Å². The van der Waals surface area contributed by atoms with Crippen LogP contribution in [-0.2, 0) is 36.7 Å². The maximum absolute atomic E-state index is 14.3. The Kier molecular flexibility index (Phi) is 10.5. The largest absolute Gasteiger partial charge is 0.459 e. The molecule has 3 aromatic carbocycles. The third-order valence-electron chi connectivity index (χ3n) is 6.70. The summed E-state index contributed by atoms with van der Waals surface area (Å²) < 4.78 is 38.9. The van der Waals surface area contributed by atoms with E-state index in [1.54, 1.807) is 31.1 Å². The molecule has 0 bridgehead atoms. The molecule has 0 fully saturated rings. The second-order valence-corrected chi connectivity index (χ2v) is 12.9. The molecule has 0 aliphatic rings. The van der Waals surface area contributed by atoms with Crippen molar-refractivity contribution in [3.63, 3.8) is 0 Å². The summed E-state index contributed by atoms with van der Waals surface area (Å²) in [5.41, 5.74) is -0.680. The Labute approximate surface area is 271 Å². The van der Waals surface area contributed by atoms with E-state index in [0.717, 1.165) is 10.9 Å². The van der Waals surface area contributed by atoms with E-state index in [0.29, 0.717) is 11.1 Å². The Morgan fingerprint density at radius 3 is 2.60 bits per heavy atom. The van der Waals surface area contributed by atoms with Gasteiger partial charge in [-0.1, -0.05) is 66.7 Å². The monoisotopic (exact) mass is 661 g/mol. The number of ether oxygens (including phenoxy) is 2. The van der Waals surface area contributed by atoms with Crippen LogP contribution in [-0.4, -0.2) is 69.6 Å². The minimum absolute atomic E-state index is 0.0298. The Morgan fingerprint density at radius 1 is 1.06 bits per heavy atom. The van der Waals surface area contributed by atoms with Crippen LogP contribution in [0.2, 0.25) is 0 Å². The molecule has 0 saturated heterocycles. The first-order valence-electron chi connectivity index (χ1n) is 14.7. The van der Waals surface area contributed by atoms with E-state index < -0.39 is 24.8 Å². The predicted octanol–water partition coefficient (Wildman–Crippen LogP) is 4.78. The summed E-state index contributed by atoms with van der Waals surface area (Å²) >= 11 is 0. The van der Waals surface area contributed by atoms with Gasteiger partial charge in [0.1, 0.15) is 24.6 Å². The standard InChI is InChI=1S/C32H36N7O7P/c1-32(2,30(41)44-19-23-11-6-5-7-12-23)37-47(42,46-26-16-10-14-24-13-8-9-15-25(24)26)45-18-17-43-22-39-21-33-27-28(39)35-31(36-29(27)40)34-20-38(3)4/h5-16,20-21H,17-19,22H2,1-4H3,(H,37,42)(H,35,36,40)/b34-20+. The van der Waals surface area contributed by atoms with Crippen molar-refractivity contribution in [1.82, 2.24) is 29.5 Å². The highest BCUT2D eigenvalue weighted by molar-refractivity contribution is 7.52. The Bertz CT molecular complexity index is 1970. The highest BCUT2D eigenvalue weighted by Gasteiger charge is 2.40. The van der Waals surface area contributed by atoms with Gasteiger partial charge in [0.2, 0.25) is 5.95 Å². The minimum atomic E-state index is -4.21. The summed E-state index contributed by atoms with van der Waals surface area (Å²) in [7, 11) is -0.628. The molecule has 0 saturated carbocycles. The number of carbonyl (C=O) groups excluding carboxylic acids is 1. The van der Waals surface area contributed by atoms with Crippen LogP contribution < -0.4 is 15.2 Å². The van der Waals surface area contributed by atoms with Gasteiger partial charge in [-0.3, -0.25) is 23.7 Å². The van der Waals surface area contributed by atoms with E-state index in [2.05, 4.69) is 25.0 Å². The fraction of sp³-hybridized carbons (Fsp3) is 0.281. The molecule has 2 N–H and O–H groups in total. The van der Waals surface area contributed by atoms with Crippen molar-refractivity contribution in [1.29, 1.82) is 0 Å². The van der Waals surface area contributed by atoms with Gasteiger partial charge in [-0.2, -0.15) is 10.1 Å². The maximum atomic E-state index is 14.3. The highest BCUT2D eigenvalue weighted by Crippen LogP contribution is 2.48. The molecule has 1 atom stereocenters. The number of aliphatic imine (C=N–C) groups is 1. The number of hydrogen-bond acceptors (Lipinski definition) is 10. The van der Waals surface area contributed by atoms with Crippen LogP contribution in [0, 0.1) is 0 Å².